The standard InChI is InChI=1S/C18H20N2O3/c1-4-17(15-6-5-12(2)13(3)11-15)19-18(21)14-7-9-16(10-8-14)20(22)23/h5-11,17H,4H2,1-3H3,(H,19,21). The van der Waals surface area contributed by atoms with Gasteiger partial charge in [-0.1, -0.05) is 25.1 Å². The first-order valence-electron chi connectivity index (χ1n) is 7.54. The van der Waals surface area contributed by atoms with Gasteiger partial charge >= 0.3 is 0 Å². The molecule has 0 fully saturated rings. The summed E-state index contributed by atoms with van der Waals surface area (Å²) in [6, 6.07) is 11.7. The van der Waals surface area contributed by atoms with Crippen molar-refractivity contribution in [2.45, 2.75) is 33.2 Å². The third-order valence-electron chi connectivity index (χ3n) is 3.99. The maximum atomic E-state index is 12.3. The Labute approximate surface area is 135 Å². The smallest absolute Gasteiger partial charge is 0.269 e. The SMILES string of the molecule is CCC(NC(=O)c1ccc([N+](=O)[O-])cc1)c1ccc(C)c(C)c1. The fourth-order valence-electron chi connectivity index (χ4n) is 2.38. The number of carbonyl (C=O) groups excluding carboxylic acids is 1. The van der Waals surface area contributed by atoms with Gasteiger partial charge in [-0.3, -0.25) is 14.9 Å². The molecule has 5 heteroatoms. The normalized spacial score (nSPS) is 11.8. The highest BCUT2D eigenvalue weighted by Gasteiger charge is 2.15. The highest BCUT2D eigenvalue weighted by atomic mass is 16.6. The summed E-state index contributed by atoms with van der Waals surface area (Å²) in [6.45, 7) is 6.11. The maximum absolute atomic E-state index is 12.3. The van der Waals surface area contributed by atoms with E-state index in [-0.39, 0.29) is 17.6 Å². The van der Waals surface area contributed by atoms with Crippen LogP contribution in [0.5, 0.6) is 0 Å². The molecule has 0 aliphatic carbocycles. The topological polar surface area (TPSA) is 72.2 Å². The zero-order valence-electron chi connectivity index (χ0n) is 13.5. The number of nitrogens with one attached hydrogen (secondary N) is 1. The average Bonchev–Trinajstić information content (AvgIpc) is 2.55. The number of amides is 1. The van der Waals surface area contributed by atoms with E-state index >= 15 is 0 Å². The quantitative estimate of drug-likeness (QED) is 0.667. The molecule has 5 nitrogen and oxygen atoms in total. The minimum absolute atomic E-state index is 0.0252. The van der Waals surface area contributed by atoms with E-state index in [0.717, 1.165) is 12.0 Å². The maximum Gasteiger partial charge on any atom is 0.269 e. The molecule has 0 bridgehead atoms. The minimum atomic E-state index is -0.481. The van der Waals surface area contributed by atoms with E-state index in [9.17, 15) is 14.9 Å². The molecule has 2 aromatic carbocycles. The van der Waals surface area contributed by atoms with Gasteiger partial charge in [-0.05, 0) is 49.1 Å². The highest BCUT2D eigenvalue weighted by molar-refractivity contribution is 5.94. The first-order chi connectivity index (χ1) is 10.9. The number of rotatable bonds is 5. The van der Waals surface area contributed by atoms with Crippen molar-refractivity contribution in [3.05, 3.63) is 74.8 Å². The van der Waals surface area contributed by atoms with Gasteiger partial charge in [0, 0.05) is 17.7 Å². The molecule has 0 spiro atoms. The van der Waals surface area contributed by atoms with E-state index in [0.29, 0.717) is 5.56 Å². The zero-order chi connectivity index (χ0) is 17.0. The van der Waals surface area contributed by atoms with Crippen LogP contribution in [0, 0.1) is 24.0 Å². The van der Waals surface area contributed by atoms with Crippen molar-refractivity contribution < 1.29 is 9.72 Å². The number of carbonyl (C=O) groups is 1. The number of benzene rings is 2. The second-order valence-corrected chi connectivity index (χ2v) is 5.58. The summed E-state index contributed by atoms with van der Waals surface area (Å²) < 4.78 is 0. The van der Waals surface area contributed by atoms with E-state index in [2.05, 4.69) is 18.3 Å². The average molecular weight is 312 g/mol. The third kappa shape index (κ3) is 3.94. The number of nitro groups is 1. The number of non-ortho nitro benzene ring substituents is 1. The van der Waals surface area contributed by atoms with Gasteiger partial charge in [0.2, 0.25) is 0 Å². The summed E-state index contributed by atoms with van der Waals surface area (Å²) in [7, 11) is 0. The first kappa shape index (κ1) is 16.7. The van der Waals surface area contributed by atoms with Gasteiger partial charge in [0.1, 0.15) is 0 Å². The molecule has 1 amide bonds. The van der Waals surface area contributed by atoms with Crippen LogP contribution in [-0.2, 0) is 0 Å². The lowest BCUT2D eigenvalue weighted by Gasteiger charge is -2.18. The summed E-state index contributed by atoms with van der Waals surface area (Å²) in [6.07, 6.45) is 0.765. The van der Waals surface area contributed by atoms with Gasteiger partial charge in [-0.15, -0.1) is 0 Å². The van der Waals surface area contributed by atoms with E-state index in [1.807, 2.05) is 26.0 Å². The van der Waals surface area contributed by atoms with Crippen LogP contribution in [0.3, 0.4) is 0 Å². The monoisotopic (exact) mass is 312 g/mol. The molecule has 23 heavy (non-hydrogen) atoms. The molecule has 1 N–H and O–H groups in total. The van der Waals surface area contributed by atoms with Crippen LogP contribution < -0.4 is 5.32 Å². The molecular formula is C18H20N2O3. The molecule has 1 unspecified atom stereocenters. The second kappa shape index (κ2) is 7.05. The van der Waals surface area contributed by atoms with E-state index < -0.39 is 4.92 Å². The van der Waals surface area contributed by atoms with Gasteiger partial charge in [0.15, 0.2) is 0 Å². The molecule has 2 aromatic rings. The fraction of sp³-hybridized carbons (Fsp3) is 0.278. The van der Waals surface area contributed by atoms with Crippen LogP contribution in [0.25, 0.3) is 0 Å². The Hall–Kier alpha value is -2.69. The summed E-state index contributed by atoms with van der Waals surface area (Å²) >= 11 is 0. The van der Waals surface area contributed by atoms with Crippen molar-refractivity contribution in [2.24, 2.45) is 0 Å². The lowest BCUT2D eigenvalue weighted by Crippen LogP contribution is -2.28. The Kier molecular flexibility index (Phi) is 5.11. The molecular weight excluding hydrogens is 292 g/mol. The van der Waals surface area contributed by atoms with Crippen molar-refractivity contribution >= 4 is 11.6 Å². The number of nitrogens with zero attached hydrogens (tertiary/aromatic N) is 1. The number of aryl methyl sites for hydroxylation is 2. The van der Waals surface area contributed by atoms with Gasteiger partial charge in [0.05, 0.1) is 11.0 Å². The number of nitro benzene ring substituents is 1. The zero-order valence-corrected chi connectivity index (χ0v) is 13.5. The van der Waals surface area contributed by atoms with Gasteiger partial charge in [0.25, 0.3) is 11.6 Å². The van der Waals surface area contributed by atoms with Gasteiger partial charge in [-0.2, -0.15) is 0 Å². The molecule has 1 atom stereocenters. The molecule has 2 rings (SSSR count). The minimum Gasteiger partial charge on any atom is -0.345 e. The van der Waals surface area contributed by atoms with Gasteiger partial charge in [-0.25, -0.2) is 0 Å². The Morgan fingerprint density at radius 3 is 2.30 bits per heavy atom. The predicted molar refractivity (Wildman–Crippen MR) is 89.5 cm³/mol. The second-order valence-electron chi connectivity index (χ2n) is 5.58. The molecule has 0 aliphatic rings. The van der Waals surface area contributed by atoms with Crippen LogP contribution >= 0.6 is 0 Å². The molecule has 0 aliphatic heterocycles. The van der Waals surface area contributed by atoms with Crippen LogP contribution in [0.4, 0.5) is 5.69 Å². The van der Waals surface area contributed by atoms with Crippen LogP contribution in [0.2, 0.25) is 0 Å². The fourth-order valence-corrected chi connectivity index (χ4v) is 2.38. The van der Waals surface area contributed by atoms with Crippen molar-refractivity contribution in [1.29, 1.82) is 0 Å². The van der Waals surface area contributed by atoms with Crippen LogP contribution in [0.15, 0.2) is 42.5 Å². The highest BCUT2D eigenvalue weighted by Crippen LogP contribution is 2.21. The number of hydrogen-bond donors (Lipinski definition) is 1. The van der Waals surface area contributed by atoms with Crippen molar-refractivity contribution in [2.75, 3.05) is 0 Å². The van der Waals surface area contributed by atoms with Crippen molar-refractivity contribution in [3.63, 3.8) is 0 Å². The Morgan fingerprint density at radius 1 is 1.13 bits per heavy atom. The summed E-state index contributed by atoms with van der Waals surface area (Å²) in [5, 5.41) is 13.6. The molecule has 120 valence electrons. The lowest BCUT2D eigenvalue weighted by atomic mass is 9.99. The largest absolute Gasteiger partial charge is 0.345 e. The van der Waals surface area contributed by atoms with Crippen molar-refractivity contribution in [3.8, 4) is 0 Å². The first-order valence-corrected chi connectivity index (χ1v) is 7.54. The third-order valence-corrected chi connectivity index (χ3v) is 3.99. The Bertz CT molecular complexity index is 724. The molecule has 0 saturated carbocycles. The molecule has 0 aromatic heterocycles. The van der Waals surface area contributed by atoms with Gasteiger partial charge < -0.3 is 5.32 Å². The summed E-state index contributed by atoms with van der Waals surface area (Å²) in [5.74, 6) is -0.232. The Morgan fingerprint density at radius 2 is 1.78 bits per heavy atom. The molecule has 0 heterocycles. The summed E-state index contributed by atoms with van der Waals surface area (Å²) in [4.78, 5) is 22.5. The molecule has 0 saturated heterocycles. The predicted octanol–water partition coefficient (Wildman–Crippen LogP) is 4.09. The molecule has 0 radical (unpaired) electrons. The van der Waals surface area contributed by atoms with Crippen LogP contribution in [-0.4, -0.2) is 10.8 Å². The lowest BCUT2D eigenvalue weighted by molar-refractivity contribution is -0.384. The van der Waals surface area contributed by atoms with Crippen LogP contribution in [0.1, 0.15) is 46.4 Å². The Balaban J connectivity index is 2.15. The van der Waals surface area contributed by atoms with Crippen molar-refractivity contribution in [1.82, 2.24) is 5.32 Å². The van der Waals surface area contributed by atoms with E-state index in [4.69, 9.17) is 0 Å². The van der Waals surface area contributed by atoms with E-state index in [1.54, 1.807) is 0 Å². The van der Waals surface area contributed by atoms with E-state index in [1.165, 1.54) is 35.4 Å². The summed E-state index contributed by atoms with van der Waals surface area (Å²) in [5.41, 5.74) is 3.85. The number of hydrogen-bond acceptors (Lipinski definition) is 3.